The molecule has 0 spiro atoms. The lowest BCUT2D eigenvalue weighted by atomic mass is 10.1. The molecule has 0 aliphatic carbocycles. The minimum atomic E-state index is -0.447. The van der Waals surface area contributed by atoms with Crippen molar-refractivity contribution in [2.24, 2.45) is 0 Å². The van der Waals surface area contributed by atoms with E-state index in [1.165, 1.54) is 18.2 Å². The summed E-state index contributed by atoms with van der Waals surface area (Å²) in [7, 11) is 0. The summed E-state index contributed by atoms with van der Waals surface area (Å²) in [6.07, 6.45) is 0.295. The van der Waals surface area contributed by atoms with Crippen molar-refractivity contribution in [2.75, 3.05) is 5.32 Å². The van der Waals surface area contributed by atoms with Gasteiger partial charge in [-0.05, 0) is 34.9 Å². The number of carbonyl (C=O) groups is 1. The van der Waals surface area contributed by atoms with Crippen LogP contribution in [0.2, 0.25) is 5.02 Å². The topological polar surface area (TPSA) is 84.3 Å². The smallest absolute Gasteiger partial charge is 0.269 e. The predicted molar refractivity (Wildman–Crippen MR) is 114 cm³/mol. The van der Waals surface area contributed by atoms with Gasteiger partial charge < -0.3 is 10.6 Å². The van der Waals surface area contributed by atoms with Gasteiger partial charge in [0.15, 0.2) is 0 Å². The summed E-state index contributed by atoms with van der Waals surface area (Å²) >= 11 is 6.12. The van der Waals surface area contributed by atoms with E-state index in [-0.39, 0.29) is 11.6 Å². The molecule has 0 radical (unpaired) electrons. The van der Waals surface area contributed by atoms with Crippen LogP contribution in [0.5, 0.6) is 0 Å². The maximum absolute atomic E-state index is 12.1. The zero-order valence-corrected chi connectivity index (χ0v) is 16.4. The zero-order valence-electron chi connectivity index (χ0n) is 15.6. The number of benzene rings is 3. The Hall–Kier alpha value is -3.38. The predicted octanol–water partition coefficient (Wildman–Crippen LogP) is 4.72. The van der Waals surface area contributed by atoms with Crippen molar-refractivity contribution in [1.29, 1.82) is 0 Å². The SMILES string of the molecule is O=C(Cc1ccc(NCc2cc([N+](=O)[O-])ccc2Cl)cc1)NCc1ccccc1. The van der Waals surface area contributed by atoms with Gasteiger partial charge in [-0.3, -0.25) is 14.9 Å². The third-order valence-electron chi connectivity index (χ3n) is 4.37. The highest BCUT2D eigenvalue weighted by atomic mass is 35.5. The molecule has 6 nitrogen and oxygen atoms in total. The molecule has 0 atom stereocenters. The first kappa shape index (κ1) is 20.4. The van der Waals surface area contributed by atoms with E-state index in [1.54, 1.807) is 0 Å². The summed E-state index contributed by atoms with van der Waals surface area (Å²) < 4.78 is 0. The first-order chi connectivity index (χ1) is 14.0. The molecule has 0 heterocycles. The van der Waals surface area contributed by atoms with Gasteiger partial charge in [-0.15, -0.1) is 0 Å². The average molecular weight is 410 g/mol. The number of nitrogens with one attached hydrogen (secondary N) is 2. The minimum Gasteiger partial charge on any atom is -0.381 e. The second-order valence-electron chi connectivity index (χ2n) is 6.52. The second kappa shape index (κ2) is 9.71. The van der Waals surface area contributed by atoms with Crippen molar-refractivity contribution in [3.05, 3.63) is 105 Å². The lowest BCUT2D eigenvalue weighted by molar-refractivity contribution is -0.384. The number of rotatable bonds is 8. The summed E-state index contributed by atoms with van der Waals surface area (Å²) in [5, 5.41) is 17.5. The first-order valence-corrected chi connectivity index (χ1v) is 9.45. The highest BCUT2D eigenvalue weighted by Crippen LogP contribution is 2.23. The van der Waals surface area contributed by atoms with Gasteiger partial charge in [-0.25, -0.2) is 0 Å². The summed E-state index contributed by atoms with van der Waals surface area (Å²) in [5.74, 6) is -0.0436. The third-order valence-corrected chi connectivity index (χ3v) is 4.74. The maximum Gasteiger partial charge on any atom is 0.269 e. The molecule has 3 rings (SSSR count). The molecule has 0 aromatic heterocycles. The Balaban J connectivity index is 1.52. The van der Waals surface area contributed by atoms with Crippen molar-refractivity contribution in [2.45, 2.75) is 19.5 Å². The number of anilines is 1. The van der Waals surface area contributed by atoms with Crippen molar-refractivity contribution >= 4 is 28.9 Å². The van der Waals surface area contributed by atoms with Gasteiger partial charge in [0.05, 0.1) is 11.3 Å². The van der Waals surface area contributed by atoms with Crippen LogP contribution in [0, 0.1) is 10.1 Å². The lowest BCUT2D eigenvalue weighted by Gasteiger charge is -2.09. The summed E-state index contributed by atoms with van der Waals surface area (Å²) in [6, 6.07) is 21.6. The molecule has 148 valence electrons. The molecule has 0 aliphatic heterocycles. The molecule has 0 saturated heterocycles. The fourth-order valence-corrected chi connectivity index (χ4v) is 2.98. The molecule has 1 amide bonds. The molecule has 0 fully saturated rings. The summed E-state index contributed by atoms with van der Waals surface area (Å²) in [5.41, 5.74) is 3.43. The van der Waals surface area contributed by atoms with Gasteiger partial charge in [-0.2, -0.15) is 0 Å². The second-order valence-corrected chi connectivity index (χ2v) is 6.93. The van der Waals surface area contributed by atoms with Gasteiger partial charge >= 0.3 is 0 Å². The van der Waals surface area contributed by atoms with Gasteiger partial charge in [0.2, 0.25) is 5.91 Å². The van der Waals surface area contributed by atoms with Crippen LogP contribution in [0.15, 0.2) is 72.8 Å². The van der Waals surface area contributed by atoms with Crippen molar-refractivity contribution in [3.8, 4) is 0 Å². The number of nitro benzene ring substituents is 1. The standard InChI is InChI=1S/C22H20ClN3O3/c23-21-11-10-20(26(28)29)13-18(21)15-24-19-8-6-16(7-9-19)12-22(27)25-14-17-4-2-1-3-5-17/h1-11,13,24H,12,14-15H2,(H,25,27). The van der Waals surface area contributed by atoms with Crippen molar-refractivity contribution < 1.29 is 9.72 Å². The molecule has 7 heteroatoms. The molecule has 3 aromatic carbocycles. The van der Waals surface area contributed by atoms with E-state index in [2.05, 4.69) is 10.6 Å². The molecule has 0 saturated carbocycles. The van der Waals surface area contributed by atoms with E-state index in [9.17, 15) is 14.9 Å². The molecular weight excluding hydrogens is 390 g/mol. The highest BCUT2D eigenvalue weighted by molar-refractivity contribution is 6.31. The fraction of sp³-hybridized carbons (Fsp3) is 0.136. The molecule has 0 bridgehead atoms. The lowest BCUT2D eigenvalue weighted by Crippen LogP contribution is -2.24. The van der Waals surface area contributed by atoms with Crippen LogP contribution in [0.3, 0.4) is 0 Å². The number of non-ortho nitro benzene ring substituents is 1. The Kier molecular flexibility index (Phi) is 6.81. The number of halogens is 1. The van der Waals surface area contributed by atoms with Crippen molar-refractivity contribution in [1.82, 2.24) is 5.32 Å². The van der Waals surface area contributed by atoms with Crippen LogP contribution in [0.1, 0.15) is 16.7 Å². The van der Waals surface area contributed by atoms with E-state index in [0.29, 0.717) is 30.1 Å². The fourth-order valence-electron chi connectivity index (χ4n) is 2.79. The Morgan fingerprint density at radius 2 is 1.66 bits per heavy atom. The Bertz CT molecular complexity index is 992. The maximum atomic E-state index is 12.1. The summed E-state index contributed by atoms with van der Waals surface area (Å²) in [4.78, 5) is 22.6. The zero-order chi connectivity index (χ0) is 20.6. The number of hydrogen-bond acceptors (Lipinski definition) is 4. The van der Waals surface area contributed by atoms with Crippen LogP contribution < -0.4 is 10.6 Å². The number of carbonyl (C=O) groups excluding carboxylic acids is 1. The molecule has 29 heavy (non-hydrogen) atoms. The normalized spacial score (nSPS) is 10.4. The number of hydrogen-bond donors (Lipinski definition) is 2. The van der Waals surface area contributed by atoms with E-state index < -0.39 is 4.92 Å². The molecule has 0 aliphatic rings. The van der Waals surface area contributed by atoms with Crippen LogP contribution in [-0.2, 0) is 24.3 Å². The molecule has 2 N–H and O–H groups in total. The number of nitrogens with zero attached hydrogens (tertiary/aromatic N) is 1. The van der Waals surface area contributed by atoms with Crippen LogP contribution in [0.4, 0.5) is 11.4 Å². The Labute approximate surface area is 173 Å². The van der Waals surface area contributed by atoms with Gasteiger partial charge in [0, 0.05) is 35.9 Å². The van der Waals surface area contributed by atoms with Crippen molar-refractivity contribution in [3.63, 3.8) is 0 Å². The number of amides is 1. The van der Waals surface area contributed by atoms with E-state index in [4.69, 9.17) is 11.6 Å². The van der Waals surface area contributed by atoms with Gasteiger partial charge in [0.1, 0.15) is 0 Å². The quantitative estimate of drug-likeness (QED) is 0.416. The summed E-state index contributed by atoms with van der Waals surface area (Å²) in [6.45, 7) is 0.862. The van der Waals surface area contributed by atoms with E-state index in [1.807, 2.05) is 54.6 Å². The van der Waals surface area contributed by atoms with Gasteiger partial charge in [-0.1, -0.05) is 54.1 Å². The van der Waals surface area contributed by atoms with Crippen LogP contribution in [0.25, 0.3) is 0 Å². The first-order valence-electron chi connectivity index (χ1n) is 9.07. The monoisotopic (exact) mass is 409 g/mol. The molecule has 3 aromatic rings. The molecule has 0 unspecified atom stereocenters. The van der Waals surface area contributed by atoms with E-state index >= 15 is 0 Å². The van der Waals surface area contributed by atoms with Gasteiger partial charge in [0.25, 0.3) is 5.69 Å². The average Bonchev–Trinajstić information content (AvgIpc) is 2.73. The van der Waals surface area contributed by atoms with Crippen LogP contribution in [-0.4, -0.2) is 10.8 Å². The van der Waals surface area contributed by atoms with Crippen LogP contribution >= 0.6 is 11.6 Å². The van der Waals surface area contributed by atoms with E-state index in [0.717, 1.165) is 16.8 Å². The highest BCUT2D eigenvalue weighted by Gasteiger charge is 2.10. The Morgan fingerprint density at radius 1 is 0.931 bits per heavy atom. The molecular formula is C22H20ClN3O3. The number of nitro groups is 1. The Morgan fingerprint density at radius 3 is 2.34 bits per heavy atom. The third kappa shape index (κ3) is 6.05. The largest absolute Gasteiger partial charge is 0.381 e. The minimum absolute atomic E-state index is 0.00284.